The summed E-state index contributed by atoms with van der Waals surface area (Å²) in [5, 5.41) is 3.44. The zero-order valence-electron chi connectivity index (χ0n) is 8.67. The first-order chi connectivity index (χ1) is 6.08. The van der Waals surface area contributed by atoms with Gasteiger partial charge in [-0.15, -0.1) is 0 Å². The maximum Gasteiger partial charge on any atom is 0.0300 e. The van der Waals surface area contributed by atoms with E-state index in [0.717, 1.165) is 13.0 Å². The molecule has 0 aromatic carbocycles. The van der Waals surface area contributed by atoms with E-state index in [2.05, 4.69) is 37.1 Å². The van der Waals surface area contributed by atoms with E-state index < -0.39 is 0 Å². The van der Waals surface area contributed by atoms with E-state index >= 15 is 0 Å². The van der Waals surface area contributed by atoms with Crippen LogP contribution in [0.15, 0.2) is 24.5 Å². The summed E-state index contributed by atoms with van der Waals surface area (Å²) >= 11 is 0. The molecular formula is C11H18N2. The largest absolute Gasteiger partial charge is 0.312 e. The van der Waals surface area contributed by atoms with Gasteiger partial charge in [-0.3, -0.25) is 4.98 Å². The van der Waals surface area contributed by atoms with Crippen LogP contribution in [-0.4, -0.2) is 17.1 Å². The van der Waals surface area contributed by atoms with Crippen LogP contribution in [0.1, 0.15) is 26.3 Å². The van der Waals surface area contributed by atoms with Gasteiger partial charge in [-0.05, 0) is 45.4 Å². The van der Waals surface area contributed by atoms with Crippen LogP contribution in [0.5, 0.6) is 0 Å². The van der Waals surface area contributed by atoms with Gasteiger partial charge in [0.05, 0.1) is 0 Å². The van der Waals surface area contributed by atoms with Crippen LogP contribution >= 0.6 is 0 Å². The van der Waals surface area contributed by atoms with Gasteiger partial charge in [-0.25, -0.2) is 0 Å². The first-order valence-corrected chi connectivity index (χ1v) is 4.72. The van der Waals surface area contributed by atoms with Crippen molar-refractivity contribution in [1.29, 1.82) is 0 Å². The summed E-state index contributed by atoms with van der Waals surface area (Å²) in [6.07, 6.45) is 4.77. The fourth-order valence-electron chi connectivity index (χ4n) is 1.13. The third-order valence-corrected chi connectivity index (χ3v) is 1.79. The van der Waals surface area contributed by atoms with Crippen molar-refractivity contribution in [3.8, 4) is 0 Å². The molecule has 0 aliphatic heterocycles. The van der Waals surface area contributed by atoms with Gasteiger partial charge >= 0.3 is 0 Å². The SMILES string of the molecule is CC(C)(C)NCCc1cccnc1. The summed E-state index contributed by atoms with van der Waals surface area (Å²) in [5.74, 6) is 0. The van der Waals surface area contributed by atoms with Gasteiger partial charge in [0.1, 0.15) is 0 Å². The molecule has 72 valence electrons. The molecule has 0 fully saturated rings. The highest BCUT2D eigenvalue weighted by Crippen LogP contribution is 2.00. The van der Waals surface area contributed by atoms with Crippen molar-refractivity contribution >= 4 is 0 Å². The van der Waals surface area contributed by atoms with E-state index in [1.807, 2.05) is 12.3 Å². The van der Waals surface area contributed by atoms with Crippen molar-refractivity contribution in [1.82, 2.24) is 10.3 Å². The molecule has 0 saturated heterocycles. The summed E-state index contributed by atoms with van der Waals surface area (Å²) in [4.78, 5) is 4.07. The molecule has 2 heteroatoms. The molecule has 1 aromatic rings. The molecule has 1 rings (SSSR count). The summed E-state index contributed by atoms with van der Waals surface area (Å²) in [6.45, 7) is 7.54. The highest BCUT2D eigenvalue weighted by atomic mass is 14.9. The molecule has 0 atom stereocenters. The van der Waals surface area contributed by atoms with Crippen LogP contribution in [0.25, 0.3) is 0 Å². The van der Waals surface area contributed by atoms with Crippen LogP contribution in [0.4, 0.5) is 0 Å². The minimum absolute atomic E-state index is 0.211. The van der Waals surface area contributed by atoms with Gasteiger partial charge in [0.15, 0.2) is 0 Å². The van der Waals surface area contributed by atoms with Crippen molar-refractivity contribution in [2.45, 2.75) is 32.7 Å². The summed E-state index contributed by atoms with van der Waals surface area (Å²) in [7, 11) is 0. The summed E-state index contributed by atoms with van der Waals surface area (Å²) < 4.78 is 0. The van der Waals surface area contributed by atoms with E-state index in [1.165, 1.54) is 5.56 Å². The number of aromatic nitrogens is 1. The van der Waals surface area contributed by atoms with Crippen LogP contribution in [0.2, 0.25) is 0 Å². The standard InChI is InChI=1S/C11H18N2/c1-11(2,3)13-8-6-10-5-4-7-12-9-10/h4-5,7,9,13H,6,8H2,1-3H3. The molecule has 2 nitrogen and oxygen atoms in total. The van der Waals surface area contributed by atoms with E-state index in [0.29, 0.717) is 0 Å². The Hall–Kier alpha value is -0.890. The lowest BCUT2D eigenvalue weighted by atomic mass is 10.1. The van der Waals surface area contributed by atoms with E-state index in [9.17, 15) is 0 Å². The minimum Gasteiger partial charge on any atom is -0.312 e. The Morgan fingerprint density at radius 1 is 1.38 bits per heavy atom. The third kappa shape index (κ3) is 4.63. The summed E-state index contributed by atoms with van der Waals surface area (Å²) in [6, 6.07) is 4.09. The predicted molar refractivity (Wildman–Crippen MR) is 55.7 cm³/mol. The van der Waals surface area contributed by atoms with Crippen molar-refractivity contribution < 1.29 is 0 Å². The number of pyridine rings is 1. The number of nitrogens with zero attached hydrogens (tertiary/aromatic N) is 1. The smallest absolute Gasteiger partial charge is 0.0300 e. The average molecular weight is 178 g/mol. The lowest BCUT2D eigenvalue weighted by Gasteiger charge is -2.20. The lowest BCUT2D eigenvalue weighted by Crippen LogP contribution is -2.37. The Morgan fingerprint density at radius 2 is 2.15 bits per heavy atom. The maximum absolute atomic E-state index is 4.07. The Morgan fingerprint density at radius 3 is 2.69 bits per heavy atom. The van der Waals surface area contributed by atoms with Gasteiger partial charge in [0.2, 0.25) is 0 Å². The van der Waals surface area contributed by atoms with E-state index in [1.54, 1.807) is 6.20 Å². The first-order valence-electron chi connectivity index (χ1n) is 4.72. The number of rotatable bonds is 3. The average Bonchev–Trinajstić information content (AvgIpc) is 2.04. The van der Waals surface area contributed by atoms with Gasteiger partial charge in [0.25, 0.3) is 0 Å². The van der Waals surface area contributed by atoms with Crippen LogP contribution in [-0.2, 0) is 6.42 Å². The normalized spacial score (nSPS) is 11.6. The molecule has 1 N–H and O–H groups in total. The second kappa shape index (κ2) is 4.38. The fraction of sp³-hybridized carbons (Fsp3) is 0.545. The molecule has 0 saturated carbocycles. The molecular weight excluding hydrogens is 160 g/mol. The number of nitrogens with one attached hydrogen (secondary N) is 1. The van der Waals surface area contributed by atoms with Gasteiger partial charge in [0, 0.05) is 17.9 Å². The Balaban J connectivity index is 2.29. The second-order valence-electron chi connectivity index (χ2n) is 4.29. The van der Waals surface area contributed by atoms with Gasteiger partial charge < -0.3 is 5.32 Å². The quantitative estimate of drug-likeness (QED) is 0.766. The van der Waals surface area contributed by atoms with Crippen molar-refractivity contribution in [3.63, 3.8) is 0 Å². The molecule has 13 heavy (non-hydrogen) atoms. The third-order valence-electron chi connectivity index (χ3n) is 1.79. The van der Waals surface area contributed by atoms with E-state index in [-0.39, 0.29) is 5.54 Å². The molecule has 0 amide bonds. The molecule has 0 radical (unpaired) electrons. The zero-order chi connectivity index (χ0) is 9.73. The molecule has 0 bridgehead atoms. The maximum atomic E-state index is 4.07. The van der Waals surface area contributed by atoms with Crippen LogP contribution < -0.4 is 5.32 Å². The molecule has 0 aliphatic carbocycles. The number of hydrogen-bond donors (Lipinski definition) is 1. The Labute approximate surface area is 80.4 Å². The fourth-order valence-corrected chi connectivity index (χ4v) is 1.13. The zero-order valence-corrected chi connectivity index (χ0v) is 8.67. The topological polar surface area (TPSA) is 24.9 Å². The monoisotopic (exact) mass is 178 g/mol. The minimum atomic E-state index is 0.211. The Bertz CT molecular complexity index is 236. The highest BCUT2D eigenvalue weighted by molar-refractivity contribution is 5.08. The predicted octanol–water partition coefficient (Wildman–Crippen LogP) is 2.01. The van der Waals surface area contributed by atoms with Crippen molar-refractivity contribution in [2.75, 3.05) is 6.54 Å². The van der Waals surface area contributed by atoms with Gasteiger partial charge in [-0.1, -0.05) is 6.07 Å². The first kappa shape index (κ1) is 10.2. The highest BCUT2D eigenvalue weighted by Gasteiger charge is 2.07. The molecule has 0 unspecified atom stereocenters. The molecule has 1 aromatic heterocycles. The van der Waals surface area contributed by atoms with Gasteiger partial charge in [-0.2, -0.15) is 0 Å². The number of hydrogen-bond acceptors (Lipinski definition) is 2. The van der Waals surface area contributed by atoms with E-state index in [4.69, 9.17) is 0 Å². The van der Waals surface area contributed by atoms with Crippen molar-refractivity contribution in [3.05, 3.63) is 30.1 Å². The Kier molecular flexibility index (Phi) is 3.43. The molecule has 0 aliphatic rings. The second-order valence-corrected chi connectivity index (χ2v) is 4.29. The lowest BCUT2D eigenvalue weighted by molar-refractivity contribution is 0.429. The van der Waals surface area contributed by atoms with Crippen molar-refractivity contribution in [2.24, 2.45) is 0 Å². The van der Waals surface area contributed by atoms with Crippen LogP contribution in [0, 0.1) is 0 Å². The molecule has 0 spiro atoms. The molecule has 1 heterocycles. The van der Waals surface area contributed by atoms with Crippen LogP contribution in [0.3, 0.4) is 0 Å². The summed E-state index contributed by atoms with van der Waals surface area (Å²) in [5.41, 5.74) is 1.50.